The van der Waals surface area contributed by atoms with Gasteiger partial charge in [0.25, 0.3) is 11.6 Å². The predicted octanol–water partition coefficient (Wildman–Crippen LogP) is 3.00. The van der Waals surface area contributed by atoms with Gasteiger partial charge in [0.05, 0.1) is 35.3 Å². The fraction of sp³-hybridized carbons (Fsp3) is 0.231. The minimum Gasteiger partial charge on any atom is -0.493 e. The molecule has 0 bridgehead atoms. The molecule has 1 aliphatic rings. The molecule has 12 nitrogen and oxygen atoms in total. The normalized spacial score (nSPS) is 15.1. The fourth-order valence-corrected chi connectivity index (χ4v) is 4.60. The van der Waals surface area contributed by atoms with Crippen LogP contribution < -0.4 is 14.6 Å². The number of primary sulfonamides is 1. The molecule has 0 aliphatic carbocycles. The van der Waals surface area contributed by atoms with Gasteiger partial charge in [-0.1, -0.05) is 6.07 Å². The van der Waals surface area contributed by atoms with Gasteiger partial charge < -0.3 is 14.6 Å². The zero-order chi connectivity index (χ0) is 28.2. The standard InChI is InChI=1S/C26H26N4O8S/c1-37-25-15-19(7-12-24(25)38-14-2-13-31)23-16-22(17-3-8-20(9-4-17)30(33)34)28-29(23)26(32)18-5-10-21(11-6-18)39(27,35)36/h3-12,15,23,31H,2,13-14,16H2,1H3,(H2,27,35,36). The molecule has 204 valence electrons. The van der Waals surface area contributed by atoms with Gasteiger partial charge in [-0.05, 0) is 59.7 Å². The van der Waals surface area contributed by atoms with E-state index in [2.05, 4.69) is 5.10 Å². The third-order valence-corrected chi connectivity index (χ3v) is 7.02. The molecule has 3 aromatic carbocycles. The van der Waals surface area contributed by atoms with Gasteiger partial charge in [-0.25, -0.2) is 18.6 Å². The van der Waals surface area contributed by atoms with Gasteiger partial charge in [0.1, 0.15) is 0 Å². The maximum atomic E-state index is 13.6. The number of hydrazone groups is 1. The summed E-state index contributed by atoms with van der Waals surface area (Å²) in [5.74, 6) is 0.417. The highest BCUT2D eigenvalue weighted by atomic mass is 32.2. The number of nitrogens with two attached hydrogens (primary N) is 1. The Bertz CT molecular complexity index is 1510. The molecule has 1 amide bonds. The second kappa shape index (κ2) is 11.6. The van der Waals surface area contributed by atoms with Crippen molar-refractivity contribution in [2.45, 2.75) is 23.8 Å². The van der Waals surface area contributed by atoms with Gasteiger partial charge in [-0.2, -0.15) is 5.10 Å². The first-order valence-corrected chi connectivity index (χ1v) is 13.4. The van der Waals surface area contributed by atoms with Crippen LogP contribution in [0.25, 0.3) is 0 Å². The molecular formula is C26H26N4O8S. The van der Waals surface area contributed by atoms with Crippen molar-refractivity contribution in [2.24, 2.45) is 10.2 Å². The minimum atomic E-state index is -3.93. The van der Waals surface area contributed by atoms with Crippen molar-refractivity contribution in [2.75, 3.05) is 20.3 Å². The summed E-state index contributed by atoms with van der Waals surface area (Å²) in [6, 6.07) is 15.7. The highest BCUT2D eigenvalue weighted by Gasteiger charge is 2.34. The number of hydrogen-bond donors (Lipinski definition) is 2. The van der Waals surface area contributed by atoms with Gasteiger partial charge in [0, 0.05) is 37.1 Å². The summed E-state index contributed by atoms with van der Waals surface area (Å²) in [4.78, 5) is 24.0. The van der Waals surface area contributed by atoms with Gasteiger partial charge in [0.2, 0.25) is 10.0 Å². The van der Waals surface area contributed by atoms with Gasteiger partial charge >= 0.3 is 0 Å². The maximum Gasteiger partial charge on any atom is 0.274 e. The summed E-state index contributed by atoms with van der Waals surface area (Å²) in [6.07, 6.45) is 0.749. The van der Waals surface area contributed by atoms with Crippen LogP contribution in [0.15, 0.2) is 76.7 Å². The number of nitrogens with zero attached hydrogens (tertiary/aromatic N) is 3. The number of sulfonamides is 1. The number of ether oxygens (including phenoxy) is 2. The highest BCUT2D eigenvalue weighted by molar-refractivity contribution is 7.89. The van der Waals surface area contributed by atoms with E-state index in [0.717, 1.165) is 0 Å². The van der Waals surface area contributed by atoms with E-state index in [0.29, 0.717) is 47.8 Å². The summed E-state index contributed by atoms with van der Waals surface area (Å²) in [6.45, 7) is 0.280. The predicted molar refractivity (Wildman–Crippen MR) is 141 cm³/mol. The summed E-state index contributed by atoms with van der Waals surface area (Å²) < 4.78 is 34.4. The topological polar surface area (TPSA) is 175 Å². The van der Waals surface area contributed by atoms with Crippen LogP contribution in [0.5, 0.6) is 11.5 Å². The number of aliphatic hydroxyl groups excluding tert-OH is 1. The molecule has 0 radical (unpaired) electrons. The Morgan fingerprint density at radius 1 is 1.13 bits per heavy atom. The average Bonchev–Trinajstić information content (AvgIpc) is 3.38. The molecule has 3 aromatic rings. The lowest BCUT2D eigenvalue weighted by Gasteiger charge is -2.23. The number of nitro benzene ring substituents is 1. The van der Waals surface area contributed by atoms with Crippen LogP contribution >= 0.6 is 0 Å². The minimum absolute atomic E-state index is 0.0134. The lowest BCUT2D eigenvalue weighted by atomic mass is 9.97. The van der Waals surface area contributed by atoms with Crippen molar-refractivity contribution in [1.29, 1.82) is 0 Å². The zero-order valence-corrected chi connectivity index (χ0v) is 21.7. The number of hydrogen-bond acceptors (Lipinski definition) is 9. The lowest BCUT2D eigenvalue weighted by molar-refractivity contribution is -0.384. The van der Waals surface area contributed by atoms with E-state index in [1.54, 1.807) is 30.3 Å². The first-order chi connectivity index (χ1) is 18.6. The van der Waals surface area contributed by atoms with Crippen molar-refractivity contribution >= 4 is 27.3 Å². The van der Waals surface area contributed by atoms with Crippen LogP contribution in [0.2, 0.25) is 0 Å². The monoisotopic (exact) mass is 554 g/mol. The van der Waals surface area contributed by atoms with Crippen molar-refractivity contribution in [1.82, 2.24) is 5.01 Å². The van der Waals surface area contributed by atoms with Crippen LogP contribution in [-0.2, 0) is 10.0 Å². The van der Waals surface area contributed by atoms with E-state index < -0.39 is 26.9 Å². The van der Waals surface area contributed by atoms with E-state index >= 15 is 0 Å². The van der Waals surface area contributed by atoms with E-state index in [9.17, 15) is 23.3 Å². The Morgan fingerprint density at radius 2 is 1.82 bits per heavy atom. The second-order valence-electron chi connectivity index (χ2n) is 8.63. The number of aliphatic hydroxyl groups is 1. The number of rotatable bonds is 10. The second-order valence-corrected chi connectivity index (χ2v) is 10.2. The maximum absolute atomic E-state index is 13.6. The molecular weight excluding hydrogens is 528 g/mol. The fourth-order valence-electron chi connectivity index (χ4n) is 4.08. The van der Waals surface area contributed by atoms with Crippen LogP contribution in [0.4, 0.5) is 5.69 Å². The Kier molecular flexibility index (Phi) is 8.24. The number of methoxy groups -OCH3 is 1. The Balaban J connectivity index is 1.70. The molecule has 0 saturated carbocycles. The smallest absolute Gasteiger partial charge is 0.274 e. The quantitative estimate of drug-likeness (QED) is 0.218. The van der Waals surface area contributed by atoms with Gasteiger partial charge in [-0.15, -0.1) is 0 Å². The first kappa shape index (κ1) is 27.7. The number of benzene rings is 3. The van der Waals surface area contributed by atoms with E-state index in [1.165, 1.54) is 48.5 Å². The summed E-state index contributed by atoms with van der Waals surface area (Å²) in [5, 5.41) is 31.1. The SMILES string of the molecule is COc1cc(C2CC(c3ccc([N+](=O)[O-])cc3)=NN2C(=O)c2ccc(S(N)(=O)=O)cc2)ccc1OCCCO. The number of carbonyl (C=O) groups excluding carboxylic acids is 1. The number of nitro groups is 1. The molecule has 1 heterocycles. The van der Waals surface area contributed by atoms with E-state index in [4.69, 9.17) is 19.7 Å². The van der Waals surface area contributed by atoms with Crippen molar-refractivity contribution in [3.05, 3.63) is 93.5 Å². The molecule has 1 aliphatic heterocycles. The third-order valence-electron chi connectivity index (χ3n) is 6.09. The number of amides is 1. The Morgan fingerprint density at radius 3 is 2.41 bits per heavy atom. The van der Waals surface area contributed by atoms with Crippen molar-refractivity contribution < 1.29 is 32.7 Å². The molecule has 0 aromatic heterocycles. The summed E-state index contributed by atoms with van der Waals surface area (Å²) >= 11 is 0. The van der Waals surface area contributed by atoms with Crippen LogP contribution in [0, 0.1) is 10.1 Å². The molecule has 4 rings (SSSR count). The average molecular weight is 555 g/mol. The number of carbonyl (C=O) groups is 1. The molecule has 0 spiro atoms. The molecule has 13 heteroatoms. The molecule has 1 unspecified atom stereocenters. The van der Waals surface area contributed by atoms with Gasteiger partial charge in [-0.3, -0.25) is 14.9 Å². The zero-order valence-electron chi connectivity index (χ0n) is 20.9. The largest absolute Gasteiger partial charge is 0.493 e. The molecule has 0 fully saturated rings. The summed E-state index contributed by atoms with van der Waals surface area (Å²) in [7, 11) is -2.45. The third kappa shape index (κ3) is 6.22. The Hall–Kier alpha value is -4.33. The highest BCUT2D eigenvalue weighted by Crippen LogP contribution is 2.38. The van der Waals surface area contributed by atoms with Crippen LogP contribution in [-0.4, -0.2) is 55.4 Å². The lowest BCUT2D eigenvalue weighted by Crippen LogP contribution is -2.27. The first-order valence-electron chi connectivity index (χ1n) is 11.8. The van der Waals surface area contributed by atoms with Crippen LogP contribution in [0.3, 0.4) is 0 Å². The number of non-ortho nitro benzene ring substituents is 1. The Labute approximate surface area is 224 Å². The van der Waals surface area contributed by atoms with E-state index in [1.807, 2.05) is 0 Å². The van der Waals surface area contributed by atoms with Crippen molar-refractivity contribution in [3.8, 4) is 11.5 Å². The molecule has 3 N–H and O–H groups in total. The van der Waals surface area contributed by atoms with Crippen molar-refractivity contribution in [3.63, 3.8) is 0 Å². The van der Waals surface area contributed by atoms with Gasteiger partial charge in [0.15, 0.2) is 11.5 Å². The summed E-state index contributed by atoms with van der Waals surface area (Å²) in [5.41, 5.74) is 1.96. The molecule has 1 atom stereocenters. The van der Waals surface area contributed by atoms with E-state index in [-0.39, 0.29) is 22.8 Å². The van der Waals surface area contributed by atoms with Crippen LogP contribution in [0.1, 0.15) is 40.4 Å². The molecule has 0 saturated heterocycles. The molecule has 39 heavy (non-hydrogen) atoms.